The first-order valence-electron chi connectivity index (χ1n) is 19.4. The Morgan fingerprint density at radius 3 is 2.14 bits per heavy atom. The number of hydrogen-bond acceptors (Lipinski definition) is 2. The highest BCUT2D eigenvalue weighted by molar-refractivity contribution is 6.05. The van der Waals surface area contributed by atoms with Crippen molar-refractivity contribution in [3.63, 3.8) is 0 Å². The summed E-state index contributed by atoms with van der Waals surface area (Å²) < 4.78 is 6.59. The summed E-state index contributed by atoms with van der Waals surface area (Å²) in [5.74, 6) is 1.79. The van der Waals surface area contributed by atoms with E-state index in [0.717, 1.165) is 40.3 Å². The molecule has 56 heavy (non-hydrogen) atoms. The van der Waals surface area contributed by atoms with Crippen LogP contribution in [-0.4, -0.2) is 0 Å². The van der Waals surface area contributed by atoms with E-state index >= 15 is 0 Å². The van der Waals surface area contributed by atoms with Crippen LogP contribution in [0.2, 0.25) is 0 Å². The predicted octanol–water partition coefficient (Wildman–Crippen LogP) is 13.6. The van der Waals surface area contributed by atoms with E-state index in [2.05, 4.69) is 206 Å². The summed E-state index contributed by atoms with van der Waals surface area (Å²) in [5, 5.41) is 6.15. The van der Waals surface area contributed by atoms with E-state index in [9.17, 15) is 0 Å². The molecule has 1 aliphatic heterocycles. The Morgan fingerprint density at radius 1 is 0.554 bits per heavy atom. The zero-order valence-corrected chi connectivity index (χ0v) is 30.7. The second-order valence-electron chi connectivity index (χ2n) is 14.9. The van der Waals surface area contributed by atoms with Crippen molar-refractivity contribution in [1.82, 2.24) is 0 Å². The van der Waals surface area contributed by atoms with Gasteiger partial charge in [0.15, 0.2) is 0 Å². The quantitative estimate of drug-likeness (QED) is 0.173. The van der Waals surface area contributed by atoms with Crippen LogP contribution in [0.4, 0.5) is 5.69 Å². The fraction of sp³-hybridized carbons (Fsp3) is 0.0370. The van der Waals surface area contributed by atoms with Crippen molar-refractivity contribution in [1.29, 1.82) is 0 Å². The van der Waals surface area contributed by atoms with Gasteiger partial charge < -0.3 is 10.1 Å². The Morgan fingerprint density at radius 2 is 1.29 bits per heavy atom. The summed E-state index contributed by atoms with van der Waals surface area (Å²) in [6.45, 7) is 0. The van der Waals surface area contributed by atoms with Crippen LogP contribution in [0.25, 0.3) is 44.7 Å². The van der Waals surface area contributed by atoms with Gasteiger partial charge in [-0.1, -0.05) is 164 Å². The van der Waals surface area contributed by atoms with Crippen LogP contribution in [0.5, 0.6) is 11.5 Å². The number of nitrogens with one attached hydrogen (secondary N) is 1. The van der Waals surface area contributed by atoms with E-state index in [-0.39, 0.29) is 0 Å². The molecule has 1 heterocycles. The molecule has 1 N–H and O–H groups in total. The van der Waals surface area contributed by atoms with Gasteiger partial charge in [-0.25, -0.2) is 0 Å². The molecular weight excluding hydrogens is 679 g/mol. The first-order chi connectivity index (χ1) is 27.8. The molecule has 0 aromatic heterocycles. The number of hydrogen-bond donors (Lipinski definition) is 1. The molecule has 0 fully saturated rings. The molecule has 264 valence electrons. The van der Waals surface area contributed by atoms with Crippen molar-refractivity contribution >= 4 is 28.1 Å². The highest BCUT2D eigenvalue weighted by Crippen LogP contribution is 2.63. The Balaban J connectivity index is 0.976. The summed E-state index contributed by atoms with van der Waals surface area (Å²) in [6.07, 6.45) is 11.8. The van der Waals surface area contributed by atoms with Crippen LogP contribution in [0.15, 0.2) is 200 Å². The molecule has 0 saturated carbocycles. The molecule has 0 saturated heterocycles. The van der Waals surface area contributed by atoms with Crippen LogP contribution in [-0.2, 0) is 11.8 Å². The molecule has 0 amide bonds. The maximum Gasteiger partial charge on any atom is 0.132 e. The van der Waals surface area contributed by atoms with Gasteiger partial charge in [-0.15, -0.1) is 0 Å². The Labute approximate surface area is 327 Å². The first-order valence-corrected chi connectivity index (χ1v) is 19.4. The van der Waals surface area contributed by atoms with Crippen molar-refractivity contribution < 1.29 is 4.74 Å². The minimum Gasteiger partial charge on any atom is -0.457 e. The average molecular weight is 716 g/mol. The largest absolute Gasteiger partial charge is 0.457 e. The highest BCUT2D eigenvalue weighted by atomic mass is 16.5. The second kappa shape index (κ2) is 13.0. The first kappa shape index (κ1) is 32.3. The lowest BCUT2D eigenvalue weighted by Crippen LogP contribution is -2.32. The number of anilines is 1. The van der Waals surface area contributed by atoms with Gasteiger partial charge in [-0.3, -0.25) is 0 Å². The number of fused-ring (bicyclic) bond motifs is 14. The van der Waals surface area contributed by atoms with Gasteiger partial charge in [0.1, 0.15) is 11.5 Å². The molecule has 0 unspecified atom stereocenters. The third kappa shape index (κ3) is 5.03. The molecule has 8 aromatic carbocycles. The van der Waals surface area contributed by atoms with Gasteiger partial charge in [-0.2, -0.15) is 0 Å². The number of rotatable bonds is 6. The van der Waals surface area contributed by atoms with E-state index in [1.54, 1.807) is 0 Å². The van der Waals surface area contributed by atoms with Crippen LogP contribution >= 0.6 is 0 Å². The van der Waals surface area contributed by atoms with Gasteiger partial charge in [0.2, 0.25) is 0 Å². The molecule has 2 heteroatoms. The smallest absolute Gasteiger partial charge is 0.132 e. The third-order valence-electron chi connectivity index (χ3n) is 11.8. The van der Waals surface area contributed by atoms with Gasteiger partial charge in [0.05, 0.1) is 5.41 Å². The number of para-hydroxylation sites is 2. The van der Waals surface area contributed by atoms with Gasteiger partial charge in [0, 0.05) is 23.0 Å². The number of benzene rings is 8. The Bertz CT molecular complexity index is 2900. The van der Waals surface area contributed by atoms with Crippen LogP contribution in [0.3, 0.4) is 0 Å². The lowest BCUT2D eigenvalue weighted by Gasteiger charge is -2.39. The molecule has 2 nitrogen and oxygen atoms in total. The summed E-state index contributed by atoms with van der Waals surface area (Å²) in [5.41, 5.74) is 16.9. The van der Waals surface area contributed by atoms with E-state index in [1.165, 1.54) is 66.4 Å². The standard InChI is InChI=1S/C54H37NO/c1-2-13-37(14-3-1)38(26-24-36-25-27-41-34-40-16-5-6-18-43(40)46(41)33-36)17-12-32-55-42-29-30-45-50(35-42)54(49-31-28-39-15-4-7-19-44(39)53(45)49)47-20-8-10-22-51(47)56-52-23-11-9-21-48(52)54/h1-33,35,55H,34H2/b26-24-,32-12+,38-17+. The lowest BCUT2D eigenvalue weighted by molar-refractivity contribution is 0.436. The van der Waals surface area contributed by atoms with Gasteiger partial charge in [-0.05, 0) is 115 Å². The molecule has 0 radical (unpaired) electrons. The van der Waals surface area contributed by atoms with Crippen LogP contribution < -0.4 is 10.1 Å². The molecule has 11 rings (SSSR count). The fourth-order valence-corrected chi connectivity index (χ4v) is 9.36. The maximum atomic E-state index is 6.59. The topological polar surface area (TPSA) is 21.3 Å². The summed E-state index contributed by atoms with van der Waals surface area (Å²) >= 11 is 0. The van der Waals surface area contributed by atoms with E-state index < -0.39 is 5.41 Å². The van der Waals surface area contributed by atoms with Gasteiger partial charge >= 0.3 is 0 Å². The average Bonchev–Trinajstić information content (AvgIpc) is 3.77. The van der Waals surface area contributed by atoms with Crippen molar-refractivity contribution in [2.45, 2.75) is 11.8 Å². The predicted molar refractivity (Wildman–Crippen MR) is 232 cm³/mol. The zero-order valence-electron chi connectivity index (χ0n) is 30.7. The van der Waals surface area contributed by atoms with Crippen molar-refractivity contribution in [2.24, 2.45) is 0 Å². The van der Waals surface area contributed by atoms with Gasteiger partial charge in [0.25, 0.3) is 0 Å². The summed E-state index contributed by atoms with van der Waals surface area (Å²) in [4.78, 5) is 0. The molecular formula is C54H37NO. The molecule has 2 aliphatic carbocycles. The molecule has 1 spiro atoms. The van der Waals surface area contributed by atoms with E-state index in [1.807, 2.05) is 6.20 Å². The molecule has 3 aliphatic rings. The Hall–Kier alpha value is -7.16. The van der Waals surface area contributed by atoms with Crippen LogP contribution in [0.1, 0.15) is 44.5 Å². The zero-order chi connectivity index (χ0) is 37.1. The van der Waals surface area contributed by atoms with Crippen molar-refractivity contribution in [3.8, 4) is 33.8 Å². The molecule has 0 bridgehead atoms. The minimum absolute atomic E-state index is 0.535. The van der Waals surface area contributed by atoms with Crippen LogP contribution in [0, 0.1) is 0 Å². The van der Waals surface area contributed by atoms with Crippen molar-refractivity contribution in [3.05, 3.63) is 245 Å². The minimum atomic E-state index is -0.535. The second-order valence-corrected chi connectivity index (χ2v) is 14.9. The highest BCUT2D eigenvalue weighted by Gasteiger charge is 2.51. The number of ether oxygens (including phenoxy) is 1. The summed E-state index contributed by atoms with van der Waals surface area (Å²) in [7, 11) is 0. The molecule has 0 atom stereocenters. The summed E-state index contributed by atoms with van der Waals surface area (Å²) in [6, 6.07) is 63.5. The molecule has 8 aromatic rings. The maximum absolute atomic E-state index is 6.59. The monoisotopic (exact) mass is 715 g/mol. The SMILES string of the molecule is C(=C/c1ccc2c(c1)-c1ccccc1C2)/C(=C\C=C\Nc1ccc2c(c1)C1(c3ccccc3Oc3ccccc31)c1ccc3ccccc3c1-2)c1ccccc1. The van der Waals surface area contributed by atoms with E-state index in [4.69, 9.17) is 4.74 Å². The normalized spacial score (nSPS) is 14.2. The fourth-order valence-electron chi connectivity index (χ4n) is 9.36. The third-order valence-corrected chi connectivity index (χ3v) is 11.8. The van der Waals surface area contributed by atoms with Crippen molar-refractivity contribution in [2.75, 3.05) is 5.32 Å². The number of allylic oxidation sites excluding steroid dienone is 4. The van der Waals surface area contributed by atoms with E-state index in [0.29, 0.717) is 0 Å². The Kier molecular flexibility index (Phi) is 7.50. The lowest BCUT2D eigenvalue weighted by atomic mass is 9.66.